The summed E-state index contributed by atoms with van der Waals surface area (Å²) in [4.78, 5) is 6.66. The van der Waals surface area contributed by atoms with Crippen molar-refractivity contribution >= 4 is 11.6 Å². The summed E-state index contributed by atoms with van der Waals surface area (Å²) in [5.41, 5.74) is 1.11. The smallest absolute Gasteiger partial charge is 0.0921 e. The van der Waals surface area contributed by atoms with E-state index >= 15 is 0 Å². The van der Waals surface area contributed by atoms with Crippen LogP contribution in [-0.4, -0.2) is 16.4 Å². The van der Waals surface area contributed by atoms with Crippen molar-refractivity contribution in [3.05, 3.63) is 18.2 Å². The summed E-state index contributed by atoms with van der Waals surface area (Å²) in [6.45, 7) is 1.97. The normalized spacial score (nSPS) is 7.38. The Labute approximate surface area is 53.9 Å². The number of aryl methyl sites for hydroxylation is 1. The van der Waals surface area contributed by atoms with Gasteiger partial charge in [0.25, 0.3) is 0 Å². The molecule has 0 saturated heterocycles. The number of nitrogens with zero attached hydrogens (tertiary/aromatic N) is 1. The van der Waals surface area contributed by atoms with Crippen LogP contribution in [0.25, 0.3) is 0 Å². The van der Waals surface area contributed by atoms with Crippen LogP contribution in [0.15, 0.2) is 12.5 Å². The van der Waals surface area contributed by atoms with E-state index in [9.17, 15) is 0 Å². The Hall–Kier alpha value is -0.500. The van der Waals surface area contributed by atoms with Crippen molar-refractivity contribution in [3.63, 3.8) is 0 Å². The Bertz CT molecular complexity index is 114. The third-order valence-electron chi connectivity index (χ3n) is 0.635. The van der Waals surface area contributed by atoms with Crippen LogP contribution < -0.4 is 0 Å². The molecule has 0 amide bonds. The maximum atomic E-state index is 4.64. The van der Waals surface area contributed by atoms with Crippen LogP contribution in [0.5, 0.6) is 0 Å². The van der Waals surface area contributed by atoms with E-state index in [2.05, 4.69) is 21.6 Å². The Morgan fingerprint density at radius 1 is 1.62 bits per heavy atom. The SMILES string of the molecule is CCl.Cc1cnc[nH]1. The number of imidazole rings is 1. The molecule has 0 aliphatic carbocycles. The summed E-state index contributed by atoms with van der Waals surface area (Å²) in [7, 11) is 0. The van der Waals surface area contributed by atoms with Crippen molar-refractivity contribution < 1.29 is 0 Å². The van der Waals surface area contributed by atoms with Gasteiger partial charge in [-0.05, 0) is 6.92 Å². The van der Waals surface area contributed by atoms with Crippen LogP contribution in [0.1, 0.15) is 5.69 Å². The second-order valence-corrected chi connectivity index (χ2v) is 1.23. The van der Waals surface area contributed by atoms with Gasteiger partial charge in [-0.25, -0.2) is 4.98 Å². The highest BCUT2D eigenvalue weighted by Gasteiger charge is 1.73. The van der Waals surface area contributed by atoms with Crippen LogP contribution >= 0.6 is 11.6 Å². The zero-order valence-corrected chi connectivity index (χ0v) is 5.74. The summed E-state index contributed by atoms with van der Waals surface area (Å²) in [6, 6.07) is 0. The number of aromatic nitrogens is 2. The Balaban J connectivity index is 0.000000222. The van der Waals surface area contributed by atoms with Gasteiger partial charge in [0.2, 0.25) is 0 Å². The fourth-order valence-electron chi connectivity index (χ4n) is 0.325. The summed E-state index contributed by atoms with van der Waals surface area (Å²) >= 11 is 4.64. The number of hydrogen-bond donors (Lipinski definition) is 1. The van der Waals surface area contributed by atoms with E-state index < -0.39 is 0 Å². The largest absolute Gasteiger partial charge is 0.349 e. The molecule has 1 N–H and O–H groups in total. The van der Waals surface area contributed by atoms with Gasteiger partial charge in [0, 0.05) is 18.3 Å². The molecule has 0 unspecified atom stereocenters. The molecular formula is C5H9ClN2. The molecule has 3 heteroatoms. The molecule has 1 rings (SSSR count). The van der Waals surface area contributed by atoms with Gasteiger partial charge in [-0.15, -0.1) is 11.6 Å². The van der Waals surface area contributed by atoms with Crippen LogP contribution in [0.3, 0.4) is 0 Å². The maximum Gasteiger partial charge on any atom is 0.0921 e. The van der Waals surface area contributed by atoms with Gasteiger partial charge >= 0.3 is 0 Å². The lowest BCUT2D eigenvalue weighted by Crippen LogP contribution is -1.59. The highest BCUT2D eigenvalue weighted by molar-refractivity contribution is 6.15. The van der Waals surface area contributed by atoms with Crippen molar-refractivity contribution in [2.75, 3.05) is 6.38 Å². The molecule has 0 spiro atoms. The fourth-order valence-corrected chi connectivity index (χ4v) is 0.325. The first-order chi connectivity index (χ1) is 3.89. The minimum Gasteiger partial charge on any atom is -0.349 e. The minimum atomic E-state index is 1.11. The van der Waals surface area contributed by atoms with Gasteiger partial charge in [-0.1, -0.05) is 0 Å². The second kappa shape index (κ2) is 4.65. The summed E-state index contributed by atoms with van der Waals surface area (Å²) in [5.74, 6) is 0. The lowest BCUT2D eigenvalue weighted by molar-refractivity contribution is 1.25. The number of halogens is 1. The van der Waals surface area contributed by atoms with Crippen molar-refractivity contribution in [3.8, 4) is 0 Å². The zero-order valence-electron chi connectivity index (χ0n) is 4.98. The number of aromatic amines is 1. The monoisotopic (exact) mass is 132 g/mol. The molecule has 0 aromatic carbocycles. The molecule has 8 heavy (non-hydrogen) atoms. The Morgan fingerprint density at radius 2 is 2.25 bits per heavy atom. The lowest BCUT2D eigenvalue weighted by Gasteiger charge is -1.67. The molecule has 0 aliphatic rings. The number of rotatable bonds is 0. The Kier molecular flexibility index (Phi) is 4.36. The van der Waals surface area contributed by atoms with E-state index in [-0.39, 0.29) is 0 Å². The highest BCUT2D eigenvalue weighted by atomic mass is 35.5. The summed E-state index contributed by atoms with van der Waals surface area (Å²) < 4.78 is 0. The molecule has 1 aromatic heterocycles. The predicted molar refractivity (Wildman–Crippen MR) is 35.1 cm³/mol. The van der Waals surface area contributed by atoms with E-state index in [4.69, 9.17) is 0 Å². The molecule has 0 saturated carbocycles. The average molecular weight is 133 g/mol. The number of nitrogens with one attached hydrogen (secondary N) is 1. The third-order valence-corrected chi connectivity index (χ3v) is 0.635. The second-order valence-electron chi connectivity index (χ2n) is 1.23. The molecular weight excluding hydrogens is 124 g/mol. The quantitative estimate of drug-likeness (QED) is 0.534. The first kappa shape index (κ1) is 7.50. The Morgan fingerprint density at radius 3 is 2.38 bits per heavy atom. The van der Waals surface area contributed by atoms with Crippen molar-refractivity contribution in [1.82, 2.24) is 9.97 Å². The molecule has 1 heterocycles. The molecule has 0 bridgehead atoms. The van der Waals surface area contributed by atoms with Crippen LogP contribution in [0.4, 0.5) is 0 Å². The topological polar surface area (TPSA) is 28.7 Å². The minimum absolute atomic E-state index is 1.11. The third kappa shape index (κ3) is 2.64. The van der Waals surface area contributed by atoms with Gasteiger partial charge in [0.05, 0.1) is 6.33 Å². The van der Waals surface area contributed by atoms with Crippen molar-refractivity contribution in [2.24, 2.45) is 0 Å². The average Bonchev–Trinajstić information content (AvgIpc) is 2.24. The fraction of sp³-hybridized carbons (Fsp3) is 0.400. The highest BCUT2D eigenvalue weighted by Crippen LogP contribution is 1.81. The molecule has 0 atom stereocenters. The van der Waals surface area contributed by atoms with E-state index in [1.54, 1.807) is 12.5 Å². The first-order valence-corrected chi connectivity index (χ1v) is 2.98. The van der Waals surface area contributed by atoms with Crippen molar-refractivity contribution in [2.45, 2.75) is 6.92 Å². The van der Waals surface area contributed by atoms with E-state index in [0.717, 1.165) is 5.69 Å². The molecule has 46 valence electrons. The van der Waals surface area contributed by atoms with Gasteiger partial charge in [0.1, 0.15) is 0 Å². The molecule has 0 aliphatic heterocycles. The van der Waals surface area contributed by atoms with Crippen LogP contribution in [0.2, 0.25) is 0 Å². The predicted octanol–water partition coefficient (Wildman–Crippen LogP) is 1.57. The van der Waals surface area contributed by atoms with E-state index in [1.165, 1.54) is 6.38 Å². The first-order valence-electron chi connectivity index (χ1n) is 2.22. The number of alkyl halides is 1. The zero-order chi connectivity index (χ0) is 6.41. The molecule has 2 nitrogen and oxygen atoms in total. The van der Waals surface area contributed by atoms with Crippen LogP contribution in [-0.2, 0) is 0 Å². The molecule has 0 radical (unpaired) electrons. The molecule has 0 fully saturated rings. The lowest BCUT2D eigenvalue weighted by atomic mass is 10.6. The maximum absolute atomic E-state index is 4.64. The van der Waals surface area contributed by atoms with Crippen molar-refractivity contribution in [1.29, 1.82) is 0 Å². The van der Waals surface area contributed by atoms with Gasteiger partial charge in [0.15, 0.2) is 0 Å². The van der Waals surface area contributed by atoms with Gasteiger partial charge in [-0.3, -0.25) is 0 Å². The molecule has 1 aromatic rings. The summed E-state index contributed by atoms with van der Waals surface area (Å²) in [5, 5.41) is 0. The van der Waals surface area contributed by atoms with Gasteiger partial charge in [-0.2, -0.15) is 0 Å². The van der Waals surface area contributed by atoms with E-state index in [0.29, 0.717) is 0 Å². The van der Waals surface area contributed by atoms with E-state index in [1.807, 2.05) is 6.92 Å². The van der Waals surface area contributed by atoms with Gasteiger partial charge < -0.3 is 4.98 Å². The standard InChI is InChI=1S/C4H6N2.CH3Cl/c1-4-2-5-3-6-4;1-2/h2-3H,1H3,(H,5,6);1H3. The number of H-pyrrole nitrogens is 1. The van der Waals surface area contributed by atoms with Crippen LogP contribution in [0, 0.1) is 6.92 Å². The summed E-state index contributed by atoms with van der Waals surface area (Å²) in [6.07, 6.45) is 4.91. The number of hydrogen-bond acceptors (Lipinski definition) is 1.